The maximum atomic E-state index is 6.12. The Hall–Kier alpha value is -1.00. The maximum absolute atomic E-state index is 6.12. The summed E-state index contributed by atoms with van der Waals surface area (Å²) in [6.45, 7) is 9.12. The molecule has 1 aromatic heterocycles. The van der Waals surface area contributed by atoms with E-state index >= 15 is 0 Å². The van der Waals surface area contributed by atoms with E-state index in [-0.39, 0.29) is 5.60 Å². The molecule has 1 fully saturated rings. The highest BCUT2D eigenvalue weighted by Crippen LogP contribution is 2.41. The largest absolute Gasteiger partial charge is 0.367 e. The molecule has 2 rings (SSSR count). The molecular weight excluding hydrogens is 262 g/mol. The van der Waals surface area contributed by atoms with Gasteiger partial charge in [0.15, 0.2) is 5.82 Å². The monoisotopic (exact) mass is 291 g/mol. The minimum atomic E-state index is -0.262. The van der Waals surface area contributed by atoms with Crippen molar-refractivity contribution in [2.45, 2.75) is 65.0 Å². The topological polar surface area (TPSA) is 47.0 Å². The van der Waals surface area contributed by atoms with Gasteiger partial charge in [0, 0.05) is 31.1 Å². The first kappa shape index (κ1) is 16.4. The van der Waals surface area contributed by atoms with Gasteiger partial charge in [-0.3, -0.25) is 0 Å². The van der Waals surface area contributed by atoms with Gasteiger partial charge in [-0.25, -0.2) is 9.97 Å². The van der Waals surface area contributed by atoms with Crippen LogP contribution in [0.3, 0.4) is 0 Å². The third-order valence-electron chi connectivity index (χ3n) is 4.25. The molecule has 1 saturated carbocycles. The van der Waals surface area contributed by atoms with E-state index in [9.17, 15) is 0 Å². The molecule has 2 atom stereocenters. The van der Waals surface area contributed by atoms with Crippen LogP contribution < -0.4 is 5.32 Å². The van der Waals surface area contributed by atoms with Crippen LogP contribution in [0.4, 0.5) is 0 Å². The summed E-state index contributed by atoms with van der Waals surface area (Å²) in [5.41, 5.74) is 0.879. The third-order valence-corrected chi connectivity index (χ3v) is 4.25. The van der Waals surface area contributed by atoms with E-state index < -0.39 is 0 Å². The van der Waals surface area contributed by atoms with Crippen LogP contribution in [-0.4, -0.2) is 23.1 Å². The van der Waals surface area contributed by atoms with Crippen LogP contribution in [0.1, 0.15) is 64.3 Å². The van der Waals surface area contributed by atoms with Crippen LogP contribution >= 0.6 is 0 Å². The lowest BCUT2D eigenvalue weighted by Crippen LogP contribution is -2.37. The second-order valence-electron chi connectivity index (χ2n) is 6.22. The molecule has 1 aliphatic carbocycles. The van der Waals surface area contributed by atoms with Gasteiger partial charge < -0.3 is 10.1 Å². The Labute approximate surface area is 128 Å². The van der Waals surface area contributed by atoms with Crippen molar-refractivity contribution in [3.05, 3.63) is 23.8 Å². The summed E-state index contributed by atoms with van der Waals surface area (Å²) in [5, 5.41) is 3.38. The zero-order valence-corrected chi connectivity index (χ0v) is 13.7. The predicted octanol–water partition coefficient (Wildman–Crippen LogP) is 3.42. The van der Waals surface area contributed by atoms with Crippen molar-refractivity contribution in [1.29, 1.82) is 0 Å². The lowest BCUT2D eigenvalue weighted by Gasteiger charge is -2.38. The van der Waals surface area contributed by atoms with E-state index in [0.29, 0.717) is 5.92 Å². The van der Waals surface area contributed by atoms with Gasteiger partial charge in [0.2, 0.25) is 0 Å². The zero-order valence-electron chi connectivity index (χ0n) is 13.7. The molecule has 0 bridgehead atoms. The van der Waals surface area contributed by atoms with Crippen LogP contribution in [0.25, 0.3) is 0 Å². The van der Waals surface area contributed by atoms with Crippen LogP contribution in [0.5, 0.6) is 0 Å². The Morgan fingerprint density at radius 3 is 2.71 bits per heavy atom. The molecule has 1 heterocycles. The van der Waals surface area contributed by atoms with E-state index in [1.54, 1.807) is 0 Å². The van der Waals surface area contributed by atoms with E-state index in [1.165, 1.54) is 12.8 Å². The van der Waals surface area contributed by atoms with Crippen molar-refractivity contribution in [3.63, 3.8) is 0 Å². The molecule has 2 unspecified atom stereocenters. The average molecular weight is 291 g/mol. The zero-order chi connectivity index (χ0) is 15.1. The lowest BCUT2D eigenvalue weighted by molar-refractivity contribution is -0.0881. The Morgan fingerprint density at radius 2 is 2.10 bits per heavy atom. The Bertz CT molecular complexity index is 417. The predicted molar refractivity (Wildman–Crippen MR) is 85.0 cm³/mol. The van der Waals surface area contributed by atoms with Crippen LogP contribution in [-0.2, 0) is 16.9 Å². The standard InChI is InChI=1S/C17H29N3O/c1-4-9-18-11-15-12-19-16(20-13-15)17(21-5-2)8-6-7-14(3)10-17/h12-14,18H,4-11H2,1-3H3. The second-order valence-corrected chi connectivity index (χ2v) is 6.22. The normalized spacial score (nSPS) is 26.0. The fraction of sp³-hybridized carbons (Fsp3) is 0.765. The van der Waals surface area contributed by atoms with Crippen molar-refractivity contribution >= 4 is 0 Å². The fourth-order valence-corrected chi connectivity index (χ4v) is 3.27. The SMILES string of the molecule is CCCNCc1cnc(C2(OCC)CCCC(C)C2)nc1. The second kappa shape index (κ2) is 7.85. The van der Waals surface area contributed by atoms with Crippen molar-refractivity contribution < 1.29 is 4.74 Å². The molecule has 4 nitrogen and oxygen atoms in total. The number of hydrogen-bond donors (Lipinski definition) is 1. The number of nitrogens with zero attached hydrogens (tertiary/aromatic N) is 2. The molecule has 1 aliphatic rings. The summed E-state index contributed by atoms with van der Waals surface area (Å²) in [4.78, 5) is 9.26. The van der Waals surface area contributed by atoms with E-state index in [1.807, 2.05) is 12.4 Å². The van der Waals surface area contributed by atoms with Gasteiger partial charge in [0.25, 0.3) is 0 Å². The third kappa shape index (κ3) is 4.24. The summed E-state index contributed by atoms with van der Waals surface area (Å²) in [5.74, 6) is 1.55. The molecule has 0 amide bonds. The van der Waals surface area contributed by atoms with Crippen molar-refractivity contribution in [2.24, 2.45) is 5.92 Å². The molecule has 1 aromatic rings. The summed E-state index contributed by atoms with van der Waals surface area (Å²) >= 11 is 0. The van der Waals surface area contributed by atoms with Gasteiger partial charge in [-0.05, 0) is 45.1 Å². The Morgan fingerprint density at radius 1 is 1.33 bits per heavy atom. The highest BCUT2D eigenvalue weighted by Gasteiger charge is 2.39. The minimum Gasteiger partial charge on any atom is -0.367 e. The number of nitrogens with one attached hydrogen (secondary N) is 1. The summed E-state index contributed by atoms with van der Waals surface area (Å²) in [6, 6.07) is 0. The number of aromatic nitrogens is 2. The van der Waals surface area contributed by atoms with Gasteiger partial charge in [-0.1, -0.05) is 20.3 Å². The first-order valence-corrected chi connectivity index (χ1v) is 8.36. The summed E-state index contributed by atoms with van der Waals surface area (Å²) in [6.07, 6.45) is 9.60. The molecule has 4 heteroatoms. The maximum Gasteiger partial charge on any atom is 0.160 e. The Kier molecular flexibility index (Phi) is 6.12. The highest BCUT2D eigenvalue weighted by molar-refractivity contribution is 5.11. The fourth-order valence-electron chi connectivity index (χ4n) is 3.27. The number of hydrogen-bond acceptors (Lipinski definition) is 4. The smallest absolute Gasteiger partial charge is 0.160 e. The molecule has 0 saturated heterocycles. The van der Waals surface area contributed by atoms with E-state index in [0.717, 1.165) is 50.3 Å². The number of rotatable bonds is 7. The van der Waals surface area contributed by atoms with Crippen molar-refractivity contribution in [3.8, 4) is 0 Å². The van der Waals surface area contributed by atoms with Crippen molar-refractivity contribution in [2.75, 3.05) is 13.2 Å². The highest BCUT2D eigenvalue weighted by atomic mass is 16.5. The molecule has 21 heavy (non-hydrogen) atoms. The van der Waals surface area contributed by atoms with Gasteiger partial charge in [-0.15, -0.1) is 0 Å². The Balaban J connectivity index is 2.09. The van der Waals surface area contributed by atoms with Gasteiger partial charge in [0.1, 0.15) is 5.60 Å². The van der Waals surface area contributed by atoms with Gasteiger partial charge >= 0.3 is 0 Å². The molecule has 0 aromatic carbocycles. The molecule has 0 radical (unpaired) electrons. The van der Waals surface area contributed by atoms with Gasteiger partial charge in [-0.2, -0.15) is 0 Å². The first-order chi connectivity index (χ1) is 10.2. The lowest BCUT2D eigenvalue weighted by atomic mass is 9.78. The van der Waals surface area contributed by atoms with E-state index in [2.05, 4.69) is 36.1 Å². The molecule has 118 valence electrons. The van der Waals surface area contributed by atoms with Crippen molar-refractivity contribution in [1.82, 2.24) is 15.3 Å². The van der Waals surface area contributed by atoms with E-state index in [4.69, 9.17) is 4.74 Å². The molecular formula is C17H29N3O. The molecule has 0 spiro atoms. The number of ether oxygens (including phenoxy) is 1. The molecule has 0 aliphatic heterocycles. The van der Waals surface area contributed by atoms with Crippen LogP contribution in [0.15, 0.2) is 12.4 Å². The summed E-state index contributed by atoms with van der Waals surface area (Å²) in [7, 11) is 0. The summed E-state index contributed by atoms with van der Waals surface area (Å²) < 4.78 is 6.12. The van der Waals surface area contributed by atoms with Crippen LogP contribution in [0, 0.1) is 5.92 Å². The molecule has 1 N–H and O–H groups in total. The van der Waals surface area contributed by atoms with Crippen LogP contribution in [0.2, 0.25) is 0 Å². The van der Waals surface area contributed by atoms with Gasteiger partial charge in [0.05, 0.1) is 0 Å². The first-order valence-electron chi connectivity index (χ1n) is 8.36. The quantitative estimate of drug-likeness (QED) is 0.782. The average Bonchev–Trinajstić information content (AvgIpc) is 2.48. The minimum absolute atomic E-state index is 0.262.